The molecule has 0 aliphatic rings. The van der Waals surface area contributed by atoms with E-state index in [4.69, 9.17) is 12.2 Å². The van der Waals surface area contributed by atoms with Crippen LogP contribution in [0.3, 0.4) is 0 Å². The Hall–Kier alpha value is -2.16. The predicted molar refractivity (Wildman–Crippen MR) is 75.0 cm³/mol. The van der Waals surface area contributed by atoms with E-state index < -0.39 is 29.8 Å². The summed E-state index contributed by atoms with van der Waals surface area (Å²) in [5.41, 5.74) is -0.217. The van der Waals surface area contributed by atoms with Crippen LogP contribution in [-0.2, 0) is 24.3 Å². The van der Waals surface area contributed by atoms with Gasteiger partial charge in [-0.15, -0.1) is 0 Å². The number of nitrogens with one attached hydrogen (secondary N) is 2. The quantitative estimate of drug-likeness (QED) is 0.653. The minimum absolute atomic E-state index is 0.0884. The maximum atomic E-state index is 13.5. The minimum Gasteiger partial charge on any atom is -0.349 e. The van der Waals surface area contributed by atoms with Gasteiger partial charge in [-0.25, -0.2) is 13.2 Å². The lowest BCUT2D eigenvalue weighted by Crippen LogP contribution is -2.26. The van der Waals surface area contributed by atoms with Crippen LogP contribution in [0.2, 0.25) is 0 Å². The van der Waals surface area contributed by atoms with Crippen molar-refractivity contribution >= 4 is 18.1 Å². The highest BCUT2D eigenvalue weighted by atomic mass is 32.1. The summed E-state index contributed by atoms with van der Waals surface area (Å²) in [6, 6.07) is 1.09. The van der Waals surface area contributed by atoms with Crippen LogP contribution >= 0.6 is 12.2 Å². The van der Waals surface area contributed by atoms with E-state index in [-0.39, 0.29) is 12.1 Å². The summed E-state index contributed by atoms with van der Waals surface area (Å²) in [5, 5.41) is 9.08. The number of rotatable bonds is 5. The van der Waals surface area contributed by atoms with Crippen LogP contribution in [0.15, 0.2) is 12.1 Å². The van der Waals surface area contributed by atoms with Crippen molar-refractivity contribution in [2.45, 2.75) is 26.4 Å². The Morgan fingerprint density at radius 3 is 2.68 bits per heavy atom. The Kier molecular flexibility index (Phi) is 4.96. The lowest BCUT2D eigenvalue weighted by molar-refractivity contribution is -0.120. The number of nitrogens with zero attached hydrogens (tertiary/aromatic N) is 2. The smallest absolute Gasteiger partial charge is 0.224 e. The third-order valence-electron chi connectivity index (χ3n) is 3.04. The fourth-order valence-electron chi connectivity index (χ4n) is 1.92. The van der Waals surface area contributed by atoms with Crippen molar-refractivity contribution in [3.8, 4) is 0 Å². The molecule has 0 fully saturated rings. The molecule has 1 heterocycles. The van der Waals surface area contributed by atoms with E-state index in [2.05, 4.69) is 15.5 Å². The van der Waals surface area contributed by atoms with Gasteiger partial charge in [-0.05, 0) is 25.2 Å². The Bertz CT molecular complexity index is 756. The van der Waals surface area contributed by atoms with Gasteiger partial charge in [0.15, 0.2) is 22.2 Å². The number of aromatic nitrogens is 3. The molecular formula is C13H13F3N4OS. The number of hydrogen-bond donors (Lipinski definition) is 2. The van der Waals surface area contributed by atoms with E-state index in [1.54, 1.807) is 4.57 Å². The molecule has 0 saturated carbocycles. The Morgan fingerprint density at radius 1 is 1.32 bits per heavy atom. The van der Waals surface area contributed by atoms with Crippen LogP contribution < -0.4 is 5.32 Å². The molecular weight excluding hydrogens is 317 g/mol. The van der Waals surface area contributed by atoms with Crippen molar-refractivity contribution in [2.75, 3.05) is 0 Å². The van der Waals surface area contributed by atoms with Crippen LogP contribution in [0.5, 0.6) is 0 Å². The first kappa shape index (κ1) is 16.2. The molecule has 1 aromatic heterocycles. The fourth-order valence-corrected chi connectivity index (χ4v) is 2.20. The molecule has 2 rings (SSSR count). The van der Waals surface area contributed by atoms with Gasteiger partial charge in [-0.1, -0.05) is 0 Å². The maximum absolute atomic E-state index is 13.5. The number of aromatic amines is 1. The zero-order chi connectivity index (χ0) is 16.3. The number of carbonyl (C=O) groups excluding carboxylic acids is 1. The number of halogens is 3. The van der Waals surface area contributed by atoms with Gasteiger partial charge in [0.2, 0.25) is 5.91 Å². The molecule has 1 amide bonds. The monoisotopic (exact) mass is 330 g/mol. The summed E-state index contributed by atoms with van der Waals surface area (Å²) in [6.45, 7) is 2.54. The first-order valence-electron chi connectivity index (χ1n) is 6.46. The standard InChI is InChI=1S/C13H13F3N4OS/c1-2-20-11(18-19-13(20)22)6-17-12(21)4-7-3-9(15)10(16)5-8(7)14/h3,5H,2,4,6H2,1H3,(H,17,21)(H,19,22). The zero-order valence-corrected chi connectivity index (χ0v) is 12.4. The summed E-state index contributed by atoms with van der Waals surface area (Å²) in [7, 11) is 0. The maximum Gasteiger partial charge on any atom is 0.224 e. The van der Waals surface area contributed by atoms with E-state index in [1.165, 1.54) is 0 Å². The average Bonchev–Trinajstić information content (AvgIpc) is 2.82. The molecule has 0 spiro atoms. The van der Waals surface area contributed by atoms with Gasteiger partial charge in [0.1, 0.15) is 5.82 Å². The highest BCUT2D eigenvalue weighted by Crippen LogP contribution is 2.14. The molecule has 0 bridgehead atoms. The molecule has 0 aliphatic carbocycles. The molecule has 0 saturated heterocycles. The number of carbonyl (C=O) groups is 1. The largest absolute Gasteiger partial charge is 0.349 e. The van der Waals surface area contributed by atoms with Crippen molar-refractivity contribution in [3.05, 3.63) is 45.7 Å². The van der Waals surface area contributed by atoms with E-state index >= 15 is 0 Å². The van der Waals surface area contributed by atoms with E-state index in [1.807, 2.05) is 6.92 Å². The third-order valence-corrected chi connectivity index (χ3v) is 3.35. The Balaban J connectivity index is 2.02. The highest BCUT2D eigenvalue weighted by Gasteiger charge is 2.14. The van der Waals surface area contributed by atoms with Crippen molar-refractivity contribution in [2.24, 2.45) is 0 Å². The van der Waals surface area contributed by atoms with Crippen LogP contribution in [0, 0.1) is 22.2 Å². The molecule has 0 aliphatic heterocycles. The molecule has 9 heteroatoms. The fraction of sp³-hybridized carbons (Fsp3) is 0.308. The van der Waals surface area contributed by atoms with Gasteiger partial charge in [0.05, 0.1) is 13.0 Å². The van der Waals surface area contributed by atoms with Crippen molar-refractivity contribution in [1.29, 1.82) is 0 Å². The van der Waals surface area contributed by atoms with Crippen molar-refractivity contribution < 1.29 is 18.0 Å². The van der Waals surface area contributed by atoms with Gasteiger partial charge in [-0.3, -0.25) is 9.89 Å². The van der Waals surface area contributed by atoms with E-state index in [0.29, 0.717) is 29.3 Å². The zero-order valence-electron chi connectivity index (χ0n) is 11.6. The lowest BCUT2D eigenvalue weighted by atomic mass is 10.1. The summed E-state index contributed by atoms with van der Waals surface area (Å²) in [6.07, 6.45) is -0.402. The van der Waals surface area contributed by atoms with Crippen LogP contribution in [0.25, 0.3) is 0 Å². The number of benzene rings is 1. The predicted octanol–water partition coefficient (Wildman–Crippen LogP) is 2.24. The second-order valence-electron chi connectivity index (χ2n) is 4.50. The summed E-state index contributed by atoms with van der Waals surface area (Å²) in [4.78, 5) is 11.8. The first-order valence-corrected chi connectivity index (χ1v) is 6.87. The van der Waals surface area contributed by atoms with E-state index in [9.17, 15) is 18.0 Å². The van der Waals surface area contributed by atoms with Gasteiger partial charge in [-0.2, -0.15) is 5.10 Å². The van der Waals surface area contributed by atoms with Gasteiger partial charge in [0.25, 0.3) is 0 Å². The van der Waals surface area contributed by atoms with Gasteiger partial charge >= 0.3 is 0 Å². The third kappa shape index (κ3) is 3.53. The normalized spacial score (nSPS) is 10.7. The van der Waals surface area contributed by atoms with Crippen LogP contribution in [0.1, 0.15) is 18.3 Å². The van der Waals surface area contributed by atoms with Crippen molar-refractivity contribution in [1.82, 2.24) is 20.1 Å². The molecule has 2 N–H and O–H groups in total. The highest BCUT2D eigenvalue weighted by molar-refractivity contribution is 7.71. The Morgan fingerprint density at radius 2 is 2.00 bits per heavy atom. The van der Waals surface area contributed by atoms with Crippen LogP contribution in [0.4, 0.5) is 13.2 Å². The molecule has 118 valence electrons. The second-order valence-corrected chi connectivity index (χ2v) is 4.89. The number of H-pyrrole nitrogens is 1. The first-order chi connectivity index (χ1) is 10.4. The van der Waals surface area contributed by atoms with Crippen molar-refractivity contribution in [3.63, 3.8) is 0 Å². The summed E-state index contributed by atoms with van der Waals surface area (Å²) < 4.78 is 41.4. The molecule has 5 nitrogen and oxygen atoms in total. The SMILES string of the molecule is CCn1c(CNC(=O)Cc2cc(F)c(F)cc2F)n[nH]c1=S. The summed E-state index contributed by atoms with van der Waals surface area (Å²) in [5.74, 6) is -3.48. The number of amides is 1. The molecule has 0 radical (unpaired) electrons. The molecule has 0 atom stereocenters. The lowest BCUT2D eigenvalue weighted by Gasteiger charge is -2.07. The van der Waals surface area contributed by atoms with Gasteiger partial charge < -0.3 is 9.88 Å². The summed E-state index contributed by atoms with van der Waals surface area (Å²) >= 11 is 5.01. The van der Waals surface area contributed by atoms with Crippen LogP contribution in [-0.4, -0.2) is 20.7 Å². The molecule has 0 unspecified atom stereocenters. The second kappa shape index (κ2) is 6.73. The number of hydrogen-bond acceptors (Lipinski definition) is 3. The molecule has 22 heavy (non-hydrogen) atoms. The Labute approximate surface area is 129 Å². The topological polar surface area (TPSA) is 62.7 Å². The molecule has 2 aromatic rings. The van der Waals surface area contributed by atoms with Gasteiger partial charge in [0, 0.05) is 18.2 Å². The minimum atomic E-state index is -1.29. The molecule has 1 aromatic carbocycles. The van der Waals surface area contributed by atoms with E-state index in [0.717, 1.165) is 0 Å². The average molecular weight is 330 g/mol.